The highest BCUT2D eigenvalue weighted by molar-refractivity contribution is 7.92. The van der Waals surface area contributed by atoms with Crippen molar-refractivity contribution in [3.05, 3.63) is 54.1 Å². The first-order valence-corrected chi connectivity index (χ1v) is 12.8. The molecule has 0 spiro atoms. The second-order valence-electron chi connectivity index (χ2n) is 7.85. The average Bonchev–Trinajstić information content (AvgIpc) is 2.78. The number of nitrogens with one attached hydrogen (secondary N) is 1. The molecule has 0 unspecified atom stereocenters. The van der Waals surface area contributed by atoms with Gasteiger partial charge in [0, 0.05) is 11.3 Å². The van der Waals surface area contributed by atoms with Crippen molar-refractivity contribution in [2.45, 2.75) is 76.0 Å². The quantitative estimate of drug-likeness (QED) is 0.233. The molecule has 31 heavy (non-hydrogen) atoms. The fraction of sp³-hybridized carbons (Fsp3) is 0.480. The summed E-state index contributed by atoms with van der Waals surface area (Å²) < 4.78 is 33.3. The maximum atomic E-state index is 12.5. The minimum absolute atomic E-state index is 0.165. The monoisotopic (exact) mass is 445 g/mol. The molecule has 0 aromatic heterocycles. The molecule has 2 aromatic carbocycles. The number of hydrogen-bond donors (Lipinski definition) is 1. The van der Waals surface area contributed by atoms with Crippen LogP contribution in [0.3, 0.4) is 0 Å². The SMILES string of the molecule is CCCCCCCCCCCCOc1ccc(S(=O)(=O)Nc2ccc(C=O)cc2)cc1. The normalized spacial score (nSPS) is 11.3. The Kier molecular flexibility index (Phi) is 11.1. The van der Waals surface area contributed by atoms with E-state index in [1.165, 1.54) is 63.5 Å². The number of sulfonamides is 1. The molecule has 1 N–H and O–H groups in total. The van der Waals surface area contributed by atoms with E-state index in [-0.39, 0.29) is 4.90 Å². The molecular weight excluding hydrogens is 410 g/mol. The third-order valence-electron chi connectivity index (χ3n) is 5.20. The van der Waals surface area contributed by atoms with Crippen LogP contribution in [-0.2, 0) is 10.0 Å². The zero-order chi connectivity index (χ0) is 22.4. The molecule has 0 atom stereocenters. The van der Waals surface area contributed by atoms with Gasteiger partial charge in [-0.2, -0.15) is 0 Å². The predicted molar refractivity (Wildman–Crippen MR) is 126 cm³/mol. The van der Waals surface area contributed by atoms with Crippen molar-refractivity contribution in [2.75, 3.05) is 11.3 Å². The van der Waals surface area contributed by atoms with E-state index < -0.39 is 10.0 Å². The molecule has 170 valence electrons. The number of benzene rings is 2. The van der Waals surface area contributed by atoms with Crippen LogP contribution in [0.1, 0.15) is 81.5 Å². The Bertz CT molecular complexity index is 861. The van der Waals surface area contributed by atoms with E-state index in [4.69, 9.17) is 4.74 Å². The Labute approximate surface area is 187 Å². The fourth-order valence-corrected chi connectivity index (χ4v) is 4.40. The molecule has 0 aliphatic carbocycles. The van der Waals surface area contributed by atoms with Gasteiger partial charge in [-0.3, -0.25) is 9.52 Å². The zero-order valence-corrected chi connectivity index (χ0v) is 19.3. The Hall–Kier alpha value is -2.34. The summed E-state index contributed by atoms with van der Waals surface area (Å²) in [6.07, 6.45) is 13.5. The molecule has 0 saturated carbocycles. The molecule has 6 heteroatoms. The summed E-state index contributed by atoms with van der Waals surface area (Å²) in [4.78, 5) is 10.9. The van der Waals surface area contributed by atoms with Crippen LogP contribution in [-0.4, -0.2) is 21.3 Å². The topological polar surface area (TPSA) is 72.5 Å². The number of carbonyl (C=O) groups excluding carboxylic acids is 1. The Morgan fingerprint density at radius 2 is 1.32 bits per heavy atom. The van der Waals surface area contributed by atoms with E-state index in [1.807, 2.05) is 0 Å². The number of rotatable bonds is 16. The van der Waals surface area contributed by atoms with Gasteiger partial charge in [-0.05, 0) is 55.0 Å². The minimum atomic E-state index is -3.69. The first-order chi connectivity index (χ1) is 15.0. The lowest BCUT2D eigenvalue weighted by Gasteiger charge is -2.10. The fourth-order valence-electron chi connectivity index (χ4n) is 3.34. The van der Waals surface area contributed by atoms with Gasteiger partial charge in [0.05, 0.1) is 11.5 Å². The third-order valence-corrected chi connectivity index (χ3v) is 6.60. The van der Waals surface area contributed by atoms with Crippen LogP contribution in [0.4, 0.5) is 5.69 Å². The zero-order valence-electron chi connectivity index (χ0n) is 18.5. The predicted octanol–water partition coefficient (Wildman–Crippen LogP) is 6.60. The number of ether oxygens (including phenoxy) is 1. The van der Waals surface area contributed by atoms with Crippen molar-refractivity contribution >= 4 is 22.0 Å². The summed E-state index contributed by atoms with van der Waals surface area (Å²) in [5.41, 5.74) is 0.902. The van der Waals surface area contributed by atoms with Crippen molar-refractivity contribution < 1.29 is 17.9 Å². The van der Waals surface area contributed by atoms with Crippen molar-refractivity contribution in [1.82, 2.24) is 0 Å². The molecule has 0 aliphatic rings. The van der Waals surface area contributed by atoms with Gasteiger partial charge in [-0.1, -0.05) is 64.7 Å². The van der Waals surface area contributed by atoms with Gasteiger partial charge in [0.2, 0.25) is 0 Å². The number of carbonyl (C=O) groups is 1. The smallest absolute Gasteiger partial charge is 0.261 e. The van der Waals surface area contributed by atoms with Gasteiger partial charge in [-0.15, -0.1) is 0 Å². The van der Waals surface area contributed by atoms with Gasteiger partial charge in [-0.25, -0.2) is 8.42 Å². The highest BCUT2D eigenvalue weighted by atomic mass is 32.2. The van der Waals surface area contributed by atoms with E-state index >= 15 is 0 Å². The Morgan fingerprint density at radius 3 is 1.87 bits per heavy atom. The standard InChI is InChI=1S/C25H35NO4S/c1-2-3-4-5-6-7-8-9-10-11-20-30-24-16-18-25(19-17-24)31(28,29)26-23-14-12-22(21-27)13-15-23/h12-19,21,26H,2-11,20H2,1H3. The van der Waals surface area contributed by atoms with Crippen LogP contribution >= 0.6 is 0 Å². The van der Waals surface area contributed by atoms with Crippen LogP contribution in [0.2, 0.25) is 0 Å². The molecule has 0 radical (unpaired) electrons. The second-order valence-corrected chi connectivity index (χ2v) is 9.53. The highest BCUT2D eigenvalue weighted by Crippen LogP contribution is 2.20. The number of aldehydes is 1. The number of anilines is 1. The molecule has 0 amide bonds. The van der Waals surface area contributed by atoms with E-state index in [9.17, 15) is 13.2 Å². The van der Waals surface area contributed by atoms with Gasteiger partial charge in [0.15, 0.2) is 0 Å². The summed E-state index contributed by atoms with van der Waals surface area (Å²) in [5, 5.41) is 0. The Morgan fingerprint density at radius 1 is 0.774 bits per heavy atom. The van der Waals surface area contributed by atoms with Crippen LogP contribution in [0.5, 0.6) is 5.75 Å². The highest BCUT2D eigenvalue weighted by Gasteiger charge is 2.14. The molecular formula is C25H35NO4S. The van der Waals surface area contributed by atoms with Gasteiger partial charge >= 0.3 is 0 Å². The maximum absolute atomic E-state index is 12.5. The number of unbranched alkanes of at least 4 members (excludes halogenated alkanes) is 9. The number of hydrogen-bond acceptors (Lipinski definition) is 4. The van der Waals surface area contributed by atoms with Gasteiger partial charge < -0.3 is 4.74 Å². The summed E-state index contributed by atoms with van der Waals surface area (Å²) >= 11 is 0. The molecule has 5 nitrogen and oxygen atoms in total. The van der Waals surface area contributed by atoms with Crippen molar-refractivity contribution in [3.63, 3.8) is 0 Å². The van der Waals surface area contributed by atoms with E-state index in [0.717, 1.165) is 12.8 Å². The minimum Gasteiger partial charge on any atom is -0.494 e. The van der Waals surface area contributed by atoms with Crippen molar-refractivity contribution in [2.24, 2.45) is 0 Å². The first-order valence-electron chi connectivity index (χ1n) is 11.4. The Balaban J connectivity index is 1.66. The third kappa shape index (κ3) is 9.55. The molecule has 0 heterocycles. The molecule has 0 fully saturated rings. The molecule has 2 rings (SSSR count). The van der Waals surface area contributed by atoms with Crippen LogP contribution < -0.4 is 9.46 Å². The van der Waals surface area contributed by atoms with Crippen molar-refractivity contribution in [3.8, 4) is 5.75 Å². The summed E-state index contributed by atoms with van der Waals surface area (Å²) in [6, 6.07) is 12.7. The van der Waals surface area contributed by atoms with Crippen LogP contribution in [0.25, 0.3) is 0 Å². The molecule has 0 aliphatic heterocycles. The maximum Gasteiger partial charge on any atom is 0.261 e. The van der Waals surface area contributed by atoms with E-state index in [0.29, 0.717) is 29.9 Å². The lowest BCUT2D eigenvalue weighted by molar-refractivity contribution is 0.112. The molecule has 0 saturated heterocycles. The average molecular weight is 446 g/mol. The lowest BCUT2D eigenvalue weighted by atomic mass is 10.1. The molecule has 2 aromatic rings. The van der Waals surface area contributed by atoms with Crippen molar-refractivity contribution in [1.29, 1.82) is 0 Å². The van der Waals surface area contributed by atoms with Gasteiger partial charge in [0.25, 0.3) is 10.0 Å². The molecule has 0 bridgehead atoms. The summed E-state index contributed by atoms with van der Waals surface area (Å²) in [7, 11) is -3.69. The largest absolute Gasteiger partial charge is 0.494 e. The van der Waals surface area contributed by atoms with Crippen LogP contribution in [0.15, 0.2) is 53.4 Å². The summed E-state index contributed by atoms with van der Waals surface area (Å²) in [6.45, 7) is 2.89. The van der Waals surface area contributed by atoms with E-state index in [1.54, 1.807) is 36.4 Å². The van der Waals surface area contributed by atoms with Crippen LogP contribution in [0, 0.1) is 0 Å². The first kappa shape index (κ1) is 24.9. The summed E-state index contributed by atoms with van der Waals surface area (Å²) in [5.74, 6) is 0.671. The van der Waals surface area contributed by atoms with Gasteiger partial charge in [0.1, 0.15) is 12.0 Å². The lowest BCUT2D eigenvalue weighted by Crippen LogP contribution is -2.12. The van der Waals surface area contributed by atoms with E-state index in [2.05, 4.69) is 11.6 Å². The second kappa shape index (κ2) is 13.9.